The van der Waals surface area contributed by atoms with E-state index in [1.165, 1.54) is 16.0 Å². The molecule has 0 unspecified atom stereocenters. The largest absolute Gasteiger partial charge is 0.465 e. The van der Waals surface area contributed by atoms with Gasteiger partial charge < -0.3 is 19.9 Å². The van der Waals surface area contributed by atoms with Gasteiger partial charge in [-0.2, -0.15) is 0 Å². The van der Waals surface area contributed by atoms with Gasteiger partial charge in [-0.25, -0.2) is 9.78 Å². The van der Waals surface area contributed by atoms with Crippen molar-refractivity contribution in [1.82, 2.24) is 24.7 Å². The fourth-order valence-corrected chi connectivity index (χ4v) is 4.58. The lowest BCUT2D eigenvalue weighted by Crippen LogP contribution is -2.43. The summed E-state index contributed by atoms with van der Waals surface area (Å²) in [5, 5.41) is 10.3. The Morgan fingerprint density at radius 2 is 1.88 bits per heavy atom. The van der Waals surface area contributed by atoms with E-state index in [0.29, 0.717) is 19.5 Å². The Morgan fingerprint density at radius 1 is 1.09 bits per heavy atom. The second-order valence-electron chi connectivity index (χ2n) is 8.81. The summed E-state index contributed by atoms with van der Waals surface area (Å²) < 4.78 is 0. The molecule has 0 spiro atoms. The molecule has 3 aromatic rings. The van der Waals surface area contributed by atoms with Crippen LogP contribution in [0.3, 0.4) is 0 Å². The third-order valence-electron chi connectivity index (χ3n) is 6.65. The molecule has 0 radical (unpaired) electrons. The third-order valence-corrected chi connectivity index (χ3v) is 6.65. The van der Waals surface area contributed by atoms with Crippen molar-refractivity contribution in [1.29, 1.82) is 0 Å². The van der Waals surface area contributed by atoms with Crippen molar-refractivity contribution in [3.8, 4) is 11.1 Å². The van der Waals surface area contributed by atoms with Crippen LogP contribution in [0.25, 0.3) is 27.7 Å². The normalized spacial score (nSPS) is 18.2. The van der Waals surface area contributed by atoms with Gasteiger partial charge >= 0.3 is 6.09 Å². The molecule has 5 rings (SSSR count). The summed E-state index contributed by atoms with van der Waals surface area (Å²) in [6.45, 7) is 6.45. The maximum Gasteiger partial charge on any atom is 0.407 e. The Labute approximate surface area is 188 Å². The molecule has 166 valence electrons. The molecule has 2 aliphatic heterocycles. The maximum atomic E-state index is 11.2. The highest BCUT2D eigenvalue weighted by molar-refractivity contribution is 5.93. The van der Waals surface area contributed by atoms with E-state index in [4.69, 9.17) is 0 Å². The van der Waals surface area contributed by atoms with Crippen molar-refractivity contribution in [3.05, 3.63) is 59.9 Å². The first-order valence-electron chi connectivity index (χ1n) is 11.2. The molecule has 2 N–H and O–H groups in total. The number of likely N-dealkylation sites (N-methyl/N-ethyl adjacent to an activating group) is 1. The predicted octanol–water partition coefficient (Wildman–Crippen LogP) is 3.74. The summed E-state index contributed by atoms with van der Waals surface area (Å²) >= 11 is 0. The first kappa shape index (κ1) is 20.7. The van der Waals surface area contributed by atoms with Gasteiger partial charge in [0.05, 0.1) is 0 Å². The fourth-order valence-electron chi connectivity index (χ4n) is 4.58. The van der Waals surface area contributed by atoms with Gasteiger partial charge in [0.25, 0.3) is 0 Å². The number of hydrogen-bond donors (Lipinski definition) is 2. The topological polar surface area (TPSA) is 75.7 Å². The molecule has 4 heterocycles. The van der Waals surface area contributed by atoms with E-state index in [1.54, 1.807) is 0 Å². The molecule has 0 saturated carbocycles. The number of H-pyrrole nitrogens is 1. The van der Waals surface area contributed by atoms with E-state index in [-0.39, 0.29) is 0 Å². The van der Waals surface area contributed by atoms with Crippen molar-refractivity contribution in [2.75, 3.05) is 46.3 Å². The zero-order chi connectivity index (χ0) is 22.1. The van der Waals surface area contributed by atoms with Crippen LogP contribution in [0.15, 0.2) is 48.8 Å². The van der Waals surface area contributed by atoms with E-state index in [1.807, 2.05) is 18.5 Å². The average Bonchev–Trinajstić information content (AvgIpc) is 3.24. The number of pyridine rings is 1. The molecule has 0 bridgehead atoms. The number of aromatic amines is 1. The van der Waals surface area contributed by atoms with Crippen LogP contribution in [-0.2, 0) is 6.54 Å². The van der Waals surface area contributed by atoms with Gasteiger partial charge in [-0.05, 0) is 36.2 Å². The number of rotatable bonds is 4. The zero-order valence-corrected chi connectivity index (χ0v) is 18.4. The number of benzene rings is 1. The van der Waals surface area contributed by atoms with Crippen LogP contribution in [0.4, 0.5) is 4.79 Å². The zero-order valence-electron chi connectivity index (χ0n) is 18.4. The number of nitrogens with zero attached hydrogens (tertiary/aromatic N) is 4. The highest BCUT2D eigenvalue weighted by Crippen LogP contribution is 2.31. The molecule has 2 aromatic heterocycles. The van der Waals surface area contributed by atoms with E-state index >= 15 is 0 Å². The number of aromatic nitrogens is 2. The third kappa shape index (κ3) is 4.26. The molecule has 32 heavy (non-hydrogen) atoms. The number of nitrogens with one attached hydrogen (secondary N) is 1. The van der Waals surface area contributed by atoms with E-state index in [0.717, 1.165) is 60.4 Å². The SMILES string of the molecule is CN1CCN(Cc2ccc(-c3cnc4[nH]cc(C5=CCN(C(=O)O)CC5)c4c3)cc2)CC1. The van der Waals surface area contributed by atoms with Crippen LogP contribution in [0.5, 0.6) is 0 Å². The lowest BCUT2D eigenvalue weighted by atomic mass is 9.98. The molecule has 1 aromatic carbocycles. The number of fused-ring (bicyclic) bond motifs is 1. The van der Waals surface area contributed by atoms with Crippen molar-refractivity contribution in [2.45, 2.75) is 13.0 Å². The molecule has 1 saturated heterocycles. The summed E-state index contributed by atoms with van der Waals surface area (Å²) in [5.74, 6) is 0. The quantitative estimate of drug-likeness (QED) is 0.658. The maximum absolute atomic E-state index is 11.2. The van der Waals surface area contributed by atoms with Gasteiger partial charge in [-0.1, -0.05) is 30.3 Å². The van der Waals surface area contributed by atoms with Crippen LogP contribution in [0.2, 0.25) is 0 Å². The minimum Gasteiger partial charge on any atom is -0.465 e. The van der Waals surface area contributed by atoms with E-state index in [9.17, 15) is 9.90 Å². The smallest absolute Gasteiger partial charge is 0.407 e. The lowest BCUT2D eigenvalue weighted by molar-refractivity contribution is 0.148. The van der Waals surface area contributed by atoms with E-state index < -0.39 is 6.09 Å². The van der Waals surface area contributed by atoms with Gasteiger partial charge in [0.1, 0.15) is 5.65 Å². The lowest BCUT2D eigenvalue weighted by Gasteiger charge is -2.32. The van der Waals surface area contributed by atoms with Gasteiger partial charge in [0.15, 0.2) is 0 Å². The van der Waals surface area contributed by atoms with Crippen LogP contribution in [0.1, 0.15) is 17.5 Å². The second-order valence-corrected chi connectivity index (χ2v) is 8.81. The molecular formula is C25H29N5O2. The average molecular weight is 432 g/mol. The Hall–Kier alpha value is -3.16. The molecule has 2 aliphatic rings. The molecule has 1 amide bonds. The van der Waals surface area contributed by atoms with Crippen LogP contribution >= 0.6 is 0 Å². The minimum absolute atomic E-state index is 0.430. The molecule has 0 aliphatic carbocycles. The van der Waals surface area contributed by atoms with Crippen LogP contribution < -0.4 is 0 Å². The number of carboxylic acid groups (broad SMARTS) is 1. The first-order valence-corrected chi connectivity index (χ1v) is 11.2. The summed E-state index contributed by atoms with van der Waals surface area (Å²) in [4.78, 5) is 25.4. The Kier molecular flexibility index (Phi) is 5.68. The monoisotopic (exact) mass is 431 g/mol. The molecule has 1 fully saturated rings. The summed E-state index contributed by atoms with van der Waals surface area (Å²) in [7, 11) is 2.18. The molecule has 7 nitrogen and oxygen atoms in total. The van der Waals surface area contributed by atoms with Crippen molar-refractivity contribution < 1.29 is 9.90 Å². The Bertz CT molecular complexity index is 1140. The first-order chi connectivity index (χ1) is 15.6. The minimum atomic E-state index is -0.862. The van der Waals surface area contributed by atoms with Gasteiger partial charge in [0, 0.05) is 74.7 Å². The number of hydrogen-bond acceptors (Lipinski definition) is 4. The van der Waals surface area contributed by atoms with Crippen LogP contribution in [-0.4, -0.2) is 82.2 Å². The van der Waals surface area contributed by atoms with Crippen molar-refractivity contribution in [2.24, 2.45) is 0 Å². The van der Waals surface area contributed by atoms with Gasteiger partial charge in [0.2, 0.25) is 0 Å². The van der Waals surface area contributed by atoms with Crippen molar-refractivity contribution in [3.63, 3.8) is 0 Å². The highest BCUT2D eigenvalue weighted by atomic mass is 16.4. The van der Waals surface area contributed by atoms with E-state index in [2.05, 4.69) is 57.1 Å². The molecular weight excluding hydrogens is 402 g/mol. The predicted molar refractivity (Wildman–Crippen MR) is 126 cm³/mol. The second kappa shape index (κ2) is 8.76. The van der Waals surface area contributed by atoms with Crippen LogP contribution in [0, 0.1) is 0 Å². The summed E-state index contributed by atoms with van der Waals surface area (Å²) in [6.07, 6.45) is 5.77. The summed E-state index contributed by atoms with van der Waals surface area (Å²) in [6, 6.07) is 11.0. The molecule has 0 atom stereocenters. The number of amides is 1. The Morgan fingerprint density at radius 3 is 2.56 bits per heavy atom. The highest BCUT2D eigenvalue weighted by Gasteiger charge is 2.19. The van der Waals surface area contributed by atoms with Gasteiger partial charge in [-0.15, -0.1) is 0 Å². The fraction of sp³-hybridized carbons (Fsp3) is 0.360. The standard InChI is InChI=1S/C25H29N5O2/c1-28-10-12-29(13-11-28)17-18-2-4-19(5-3-18)21-14-22-23(16-27-24(22)26-15-21)20-6-8-30(9-7-20)25(31)32/h2-6,14-16H,7-13,17H2,1H3,(H,26,27)(H,31,32). The Balaban J connectivity index is 1.35. The summed E-state index contributed by atoms with van der Waals surface area (Å²) in [5.41, 5.74) is 6.74. The number of carbonyl (C=O) groups is 1. The number of piperazine rings is 1. The molecule has 7 heteroatoms. The van der Waals surface area contributed by atoms with Crippen molar-refractivity contribution >= 4 is 22.7 Å². The van der Waals surface area contributed by atoms with Gasteiger partial charge in [-0.3, -0.25) is 4.90 Å².